The van der Waals surface area contributed by atoms with E-state index in [0.29, 0.717) is 45.8 Å². The maximum absolute atomic E-state index is 13.3. The second-order valence-corrected chi connectivity index (χ2v) is 9.07. The van der Waals surface area contributed by atoms with Crippen molar-refractivity contribution in [2.75, 3.05) is 19.6 Å². The molecule has 2 aliphatic rings. The number of rotatable bonds is 6. The number of halogens is 2. The number of carbonyl (C=O) groups is 2. The highest BCUT2D eigenvalue weighted by molar-refractivity contribution is 6.41. The predicted octanol–water partition coefficient (Wildman–Crippen LogP) is 5.44. The maximum atomic E-state index is 13.3. The lowest BCUT2D eigenvalue weighted by molar-refractivity contribution is -0.137. The minimum atomic E-state index is -0.266. The van der Waals surface area contributed by atoms with Crippen LogP contribution in [0, 0.1) is 5.92 Å². The summed E-state index contributed by atoms with van der Waals surface area (Å²) in [6.45, 7) is 3.87. The van der Waals surface area contributed by atoms with E-state index in [4.69, 9.17) is 23.2 Å². The highest BCUT2D eigenvalue weighted by Gasteiger charge is 2.42. The summed E-state index contributed by atoms with van der Waals surface area (Å²) < 4.78 is 0. The molecule has 0 unspecified atom stereocenters. The highest BCUT2D eigenvalue weighted by atomic mass is 35.5. The molecule has 0 radical (unpaired) electrons. The Morgan fingerprint density at radius 2 is 1.68 bits per heavy atom. The third-order valence-electron chi connectivity index (χ3n) is 6.09. The molecule has 0 saturated carbocycles. The monoisotopic (exact) mass is 456 g/mol. The van der Waals surface area contributed by atoms with Crippen LogP contribution < -0.4 is 0 Å². The second-order valence-electron chi connectivity index (χ2n) is 8.23. The van der Waals surface area contributed by atoms with Gasteiger partial charge < -0.3 is 4.90 Å². The molecule has 0 atom stereocenters. The zero-order valence-corrected chi connectivity index (χ0v) is 19.1. The molecule has 0 N–H and O–H groups in total. The molecule has 2 aliphatic heterocycles. The molecule has 1 fully saturated rings. The standard InChI is InChI=1S/C25H26Cl2N2O2/c1-2-12-29-24(30)22(20-9-8-19(26)16-21(20)27)23(25(29)31)28-13-10-18(11-14-28)15-17-6-4-3-5-7-17/h3-9,16,18H,2,10-15H2,1H3. The smallest absolute Gasteiger partial charge is 0.277 e. The first kappa shape index (κ1) is 21.9. The van der Waals surface area contributed by atoms with Gasteiger partial charge in [0.05, 0.1) is 10.6 Å². The summed E-state index contributed by atoms with van der Waals surface area (Å²) in [5, 5.41) is 0.887. The number of hydrogen-bond acceptors (Lipinski definition) is 3. The topological polar surface area (TPSA) is 40.6 Å². The molecule has 4 nitrogen and oxygen atoms in total. The fourth-order valence-electron chi connectivity index (χ4n) is 4.53. The van der Waals surface area contributed by atoms with Crippen LogP contribution in [0.1, 0.15) is 37.3 Å². The van der Waals surface area contributed by atoms with Crippen molar-refractivity contribution in [1.29, 1.82) is 0 Å². The maximum Gasteiger partial charge on any atom is 0.277 e. The Balaban J connectivity index is 1.61. The molecule has 6 heteroatoms. The molecule has 162 valence electrons. The Bertz CT molecular complexity index is 1010. The minimum absolute atomic E-state index is 0.214. The van der Waals surface area contributed by atoms with Gasteiger partial charge in [-0.1, -0.05) is 66.5 Å². The largest absolute Gasteiger partial charge is 0.366 e. The first-order chi connectivity index (χ1) is 15.0. The molecule has 0 aliphatic carbocycles. The Morgan fingerprint density at radius 1 is 0.968 bits per heavy atom. The number of likely N-dealkylation sites (tertiary alicyclic amines) is 1. The molecule has 1 saturated heterocycles. The Morgan fingerprint density at radius 3 is 2.32 bits per heavy atom. The fourth-order valence-corrected chi connectivity index (χ4v) is 5.03. The van der Waals surface area contributed by atoms with Gasteiger partial charge in [0.25, 0.3) is 11.8 Å². The van der Waals surface area contributed by atoms with E-state index in [0.717, 1.165) is 32.4 Å². The van der Waals surface area contributed by atoms with E-state index in [1.165, 1.54) is 10.5 Å². The van der Waals surface area contributed by atoms with Crippen molar-refractivity contribution in [3.8, 4) is 0 Å². The van der Waals surface area contributed by atoms with Crippen LogP contribution in [0.2, 0.25) is 10.0 Å². The van der Waals surface area contributed by atoms with Crippen molar-refractivity contribution >= 4 is 40.6 Å². The zero-order valence-electron chi connectivity index (χ0n) is 17.6. The number of nitrogens with zero attached hydrogens (tertiary/aromatic N) is 2. The first-order valence-corrected chi connectivity index (χ1v) is 11.6. The van der Waals surface area contributed by atoms with Gasteiger partial charge in [0.15, 0.2) is 0 Å². The number of piperidine rings is 1. The molecule has 2 heterocycles. The van der Waals surface area contributed by atoms with Gasteiger partial charge in [-0.05, 0) is 49.3 Å². The number of hydrogen-bond donors (Lipinski definition) is 0. The molecular formula is C25H26Cl2N2O2. The predicted molar refractivity (Wildman–Crippen MR) is 125 cm³/mol. The summed E-state index contributed by atoms with van der Waals surface area (Å²) in [5.74, 6) is 0.0904. The SMILES string of the molecule is CCCN1C(=O)C(c2ccc(Cl)cc2Cl)=C(N2CCC(Cc3ccccc3)CC2)C1=O. The van der Waals surface area contributed by atoms with Crippen LogP contribution in [-0.4, -0.2) is 41.2 Å². The summed E-state index contributed by atoms with van der Waals surface area (Å²) in [4.78, 5) is 29.9. The lowest BCUT2D eigenvalue weighted by Gasteiger charge is -2.34. The van der Waals surface area contributed by atoms with Crippen LogP contribution in [0.3, 0.4) is 0 Å². The van der Waals surface area contributed by atoms with E-state index < -0.39 is 0 Å². The summed E-state index contributed by atoms with van der Waals surface area (Å²) >= 11 is 12.5. The third kappa shape index (κ3) is 4.51. The van der Waals surface area contributed by atoms with E-state index in [2.05, 4.69) is 29.2 Å². The zero-order chi connectivity index (χ0) is 22.0. The number of amides is 2. The Labute approximate surface area is 193 Å². The molecule has 2 aromatic carbocycles. The fraction of sp³-hybridized carbons (Fsp3) is 0.360. The van der Waals surface area contributed by atoms with Gasteiger partial charge in [-0.25, -0.2) is 0 Å². The quantitative estimate of drug-likeness (QED) is 0.543. The third-order valence-corrected chi connectivity index (χ3v) is 6.64. The lowest BCUT2D eigenvalue weighted by atomic mass is 9.89. The summed E-state index contributed by atoms with van der Waals surface area (Å²) in [7, 11) is 0. The van der Waals surface area contributed by atoms with Crippen molar-refractivity contribution in [3.63, 3.8) is 0 Å². The molecule has 2 amide bonds. The van der Waals surface area contributed by atoms with Gasteiger partial charge in [0.2, 0.25) is 0 Å². The Kier molecular flexibility index (Phi) is 6.68. The summed E-state index contributed by atoms with van der Waals surface area (Å²) in [5.41, 5.74) is 2.81. The Hall–Kier alpha value is -2.30. The van der Waals surface area contributed by atoms with Crippen molar-refractivity contribution < 1.29 is 9.59 Å². The van der Waals surface area contributed by atoms with E-state index in [1.807, 2.05) is 13.0 Å². The van der Waals surface area contributed by atoms with Crippen molar-refractivity contribution in [2.45, 2.75) is 32.6 Å². The van der Waals surface area contributed by atoms with E-state index in [1.54, 1.807) is 18.2 Å². The number of carbonyl (C=O) groups excluding carboxylic acids is 2. The van der Waals surface area contributed by atoms with E-state index in [-0.39, 0.29) is 11.8 Å². The number of benzene rings is 2. The first-order valence-electron chi connectivity index (χ1n) is 10.8. The average molecular weight is 457 g/mol. The molecule has 0 spiro atoms. The highest BCUT2D eigenvalue weighted by Crippen LogP contribution is 2.37. The summed E-state index contributed by atoms with van der Waals surface area (Å²) in [6, 6.07) is 15.6. The van der Waals surface area contributed by atoms with E-state index in [9.17, 15) is 9.59 Å². The molecule has 2 aromatic rings. The second kappa shape index (κ2) is 9.46. The summed E-state index contributed by atoms with van der Waals surface area (Å²) in [6.07, 6.45) is 3.72. The average Bonchev–Trinajstić information content (AvgIpc) is 3.00. The van der Waals surface area contributed by atoms with Crippen LogP contribution in [0.15, 0.2) is 54.2 Å². The van der Waals surface area contributed by atoms with Crippen LogP contribution in [-0.2, 0) is 16.0 Å². The van der Waals surface area contributed by atoms with Gasteiger partial charge in [-0.15, -0.1) is 0 Å². The van der Waals surface area contributed by atoms with Crippen molar-refractivity contribution in [2.24, 2.45) is 5.92 Å². The van der Waals surface area contributed by atoms with Gasteiger partial charge in [0, 0.05) is 30.2 Å². The van der Waals surface area contributed by atoms with Crippen LogP contribution in [0.25, 0.3) is 5.57 Å². The molecule has 4 rings (SSSR count). The molecular weight excluding hydrogens is 431 g/mol. The van der Waals surface area contributed by atoms with Gasteiger partial charge in [0.1, 0.15) is 5.70 Å². The molecule has 31 heavy (non-hydrogen) atoms. The van der Waals surface area contributed by atoms with Crippen molar-refractivity contribution in [3.05, 3.63) is 75.4 Å². The van der Waals surface area contributed by atoms with Crippen LogP contribution in [0.5, 0.6) is 0 Å². The normalized spacial score (nSPS) is 17.8. The number of imide groups is 1. The lowest BCUT2D eigenvalue weighted by Crippen LogP contribution is -2.39. The molecule has 0 aromatic heterocycles. The van der Waals surface area contributed by atoms with Gasteiger partial charge in [-0.3, -0.25) is 14.5 Å². The minimum Gasteiger partial charge on any atom is -0.366 e. The van der Waals surface area contributed by atoms with Crippen molar-refractivity contribution in [1.82, 2.24) is 9.80 Å². The van der Waals surface area contributed by atoms with Crippen LogP contribution >= 0.6 is 23.2 Å². The van der Waals surface area contributed by atoms with Gasteiger partial charge >= 0.3 is 0 Å². The van der Waals surface area contributed by atoms with Crippen LogP contribution in [0.4, 0.5) is 0 Å². The van der Waals surface area contributed by atoms with E-state index >= 15 is 0 Å². The molecule has 0 bridgehead atoms. The van der Waals surface area contributed by atoms with Gasteiger partial charge in [-0.2, -0.15) is 0 Å².